The Kier molecular flexibility index (Phi) is 9.77. The van der Waals surface area contributed by atoms with Gasteiger partial charge in [0.15, 0.2) is 5.96 Å². The van der Waals surface area contributed by atoms with Crippen LogP contribution in [0, 0.1) is 0 Å². The Morgan fingerprint density at radius 1 is 1.18 bits per heavy atom. The van der Waals surface area contributed by atoms with Crippen LogP contribution in [0.1, 0.15) is 38.7 Å². The Balaban J connectivity index is 0.00000280. The van der Waals surface area contributed by atoms with E-state index in [-0.39, 0.29) is 24.0 Å². The third kappa shape index (κ3) is 6.77. The number of halogens is 1. The van der Waals surface area contributed by atoms with E-state index in [9.17, 15) is 0 Å². The Labute approximate surface area is 185 Å². The third-order valence-corrected chi connectivity index (χ3v) is 4.89. The van der Waals surface area contributed by atoms with Crippen LogP contribution in [0.2, 0.25) is 0 Å². The van der Waals surface area contributed by atoms with Gasteiger partial charge in [0.2, 0.25) is 0 Å². The molecular weight excluding hydrogens is 463 g/mol. The fourth-order valence-corrected chi connectivity index (χ4v) is 3.46. The molecule has 7 heteroatoms. The van der Waals surface area contributed by atoms with Crippen molar-refractivity contribution in [1.29, 1.82) is 0 Å². The summed E-state index contributed by atoms with van der Waals surface area (Å²) in [6.07, 6.45) is 7.53. The molecule has 0 saturated carbocycles. The van der Waals surface area contributed by atoms with E-state index in [2.05, 4.69) is 46.6 Å². The second-order valence-electron chi connectivity index (χ2n) is 7.08. The minimum atomic E-state index is 0. The quantitative estimate of drug-likeness (QED) is 0.351. The Morgan fingerprint density at radius 2 is 1.93 bits per heavy atom. The first kappa shape index (κ1) is 22.7. The minimum absolute atomic E-state index is 0. The molecule has 1 aliphatic rings. The molecule has 6 nitrogen and oxygen atoms in total. The average molecular weight is 496 g/mol. The highest BCUT2D eigenvalue weighted by atomic mass is 127. The summed E-state index contributed by atoms with van der Waals surface area (Å²) < 4.78 is 1.90. The van der Waals surface area contributed by atoms with Gasteiger partial charge in [0, 0.05) is 37.4 Å². The van der Waals surface area contributed by atoms with Crippen molar-refractivity contribution >= 4 is 29.9 Å². The molecule has 0 amide bonds. The number of aromatic nitrogens is 2. The van der Waals surface area contributed by atoms with Gasteiger partial charge in [-0.3, -0.25) is 0 Å². The maximum Gasteiger partial charge on any atom is 0.191 e. The first-order valence-corrected chi connectivity index (χ1v) is 10.1. The van der Waals surface area contributed by atoms with E-state index < -0.39 is 0 Å². The maximum absolute atomic E-state index is 4.77. The lowest BCUT2D eigenvalue weighted by Crippen LogP contribution is -2.48. The molecular formula is C21H33IN6. The molecule has 28 heavy (non-hydrogen) atoms. The lowest BCUT2D eigenvalue weighted by Gasteiger charge is -2.32. The van der Waals surface area contributed by atoms with Gasteiger partial charge in [-0.05, 0) is 44.9 Å². The van der Waals surface area contributed by atoms with Gasteiger partial charge < -0.3 is 15.5 Å². The van der Waals surface area contributed by atoms with Gasteiger partial charge in [-0.25, -0.2) is 9.67 Å². The molecule has 1 aromatic carbocycles. The largest absolute Gasteiger partial charge is 0.357 e. The number of piperidine rings is 1. The fraction of sp³-hybridized carbons (Fsp3) is 0.524. The number of nitrogens with zero attached hydrogens (tertiary/aromatic N) is 4. The van der Waals surface area contributed by atoms with Gasteiger partial charge in [0.1, 0.15) is 0 Å². The molecule has 154 valence electrons. The molecule has 0 radical (unpaired) electrons. The molecule has 1 aromatic heterocycles. The zero-order valence-corrected chi connectivity index (χ0v) is 19.3. The van der Waals surface area contributed by atoms with Crippen LogP contribution in [0.4, 0.5) is 0 Å². The molecule has 1 saturated heterocycles. The second-order valence-corrected chi connectivity index (χ2v) is 7.08. The first-order chi connectivity index (χ1) is 13.3. The summed E-state index contributed by atoms with van der Waals surface area (Å²) in [5.41, 5.74) is 2.17. The summed E-state index contributed by atoms with van der Waals surface area (Å²) in [6.45, 7) is 9.41. The molecule has 0 bridgehead atoms. The number of aliphatic imine (C=N–C) groups is 1. The van der Waals surface area contributed by atoms with Gasteiger partial charge in [-0.1, -0.05) is 25.1 Å². The molecule has 3 rings (SSSR count). The fourth-order valence-electron chi connectivity index (χ4n) is 3.46. The summed E-state index contributed by atoms with van der Waals surface area (Å²) in [6, 6.07) is 10.7. The smallest absolute Gasteiger partial charge is 0.191 e. The van der Waals surface area contributed by atoms with E-state index in [4.69, 9.17) is 4.99 Å². The number of benzene rings is 1. The second kappa shape index (κ2) is 12.1. The number of hydrogen-bond acceptors (Lipinski definition) is 3. The number of guanidine groups is 1. The van der Waals surface area contributed by atoms with E-state index >= 15 is 0 Å². The predicted molar refractivity (Wildman–Crippen MR) is 127 cm³/mol. The van der Waals surface area contributed by atoms with Gasteiger partial charge in [-0.2, -0.15) is 5.10 Å². The van der Waals surface area contributed by atoms with Crippen molar-refractivity contribution in [3.05, 3.63) is 48.3 Å². The summed E-state index contributed by atoms with van der Waals surface area (Å²) in [7, 11) is 0. The van der Waals surface area contributed by atoms with Gasteiger partial charge in [0.05, 0.1) is 18.4 Å². The summed E-state index contributed by atoms with van der Waals surface area (Å²) >= 11 is 0. The number of para-hydroxylation sites is 1. The molecule has 0 aliphatic carbocycles. The SMILES string of the molecule is CCCN1CCC(NC(=NCc2cnn(-c3ccccc3)c2)NCC)CC1.I. The topological polar surface area (TPSA) is 57.5 Å². The van der Waals surface area contributed by atoms with E-state index in [0.29, 0.717) is 12.6 Å². The van der Waals surface area contributed by atoms with Crippen molar-refractivity contribution in [1.82, 2.24) is 25.3 Å². The molecule has 1 aliphatic heterocycles. The molecule has 2 N–H and O–H groups in total. The van der Waals surface area contributed by atoms with Crippen molar-refractivity contribution in [2.24, 2.45) is 4.99 Å². The Morgan fingerprint density at radius 3 is 2.61 bits per heavy atom. The number of rotatable bonds is 7. The van der Waals surface area contributed by atoms with E-state index in [1.165, 1.54) is 38.9 Å². The molecule has 1 fully saturated rings. The summed E-state index contributed by atoms with van der Waals surface area (Å²) in [5.74, 6) is 0.902. The molecule has 2 heterocycles. The molecule has 2 aromatic rings. The number of hydrogen-bond donors (Lipinski definition) is 2. The third-order valence-electron chi connectivity index (χ3n) is 4.89. The highest BCUT2D eigenvalue weighted by Gasteiger charge is 2.19. The van der Waals surface area contributed by atoms with Crippen LogP contribution < -0.4 is 10.6 Å². The van der Waals surface area contributed by atoms with E-state index in [1.807, 2.05) is 35.3 Å². The zero-order chi connectivity index (χ0) is 18.9. The molecule has 0 spiro atoms. The van der Waals surface area contributed by atoms with Crippen LogP contribution in [0.15, 0.2) is 47.7 Å². The van der Waals surface area contributed by atoms with Crippen molar-refractivity contribution in [3.63, 3.8) is 0 Å². The monoisotopic (exact) mass is 496 g/mol. The van der Waals surface area contributed by atoms with E-state index in [1.54, 1.807) is 0 Å². The standard InChI is InChI=1S/C21H32N6.HI/c1-3-12-26-13-10-19(11-14-26)25-21(22-4-2)23-15-18-16-24-27(17-18)20-8-6-5-7-9-20;/h5-9,16-17,19H,3-4,10-15H2,1-2H3,(H2,22,23,25);1H. The van der Waals surface area contributed by atoms with Gasteiger partial charge in [-0.15, -0.1) is 24.0 Å². The van der Waals surface area contributed by atoms with Crippen molar-refractivity contribution in [3.8, 4) is 5.69 Å². The summed E-state index contributed by atoms with van der Waals surface area (Å²) in [5, 5.41) is 11.4. The van der Waals surface area contributed by atoms with Gasteiger partial charge >= 0.3 is 0 Å². The number of likely N-dealkylation sites (tertiary alicyclic amines) is 1. The van der Waals surface area contributed by atoms with E-state index in [0.717, 1.165) is 23.8 Å². The van der Waals surface area contributed by atoms with Crippen molar-refractivity contribution in [2.45, 2.75) is 45.7 Å². The zero-order valence-electron chi connectivity index (χ0n) is 17.0. The normalized spacial score (nSPS) is 15.9. The predicted octanol–water partition coefficient (Wildman–Crippen LogP) is 3.42. The van der Waals surface area contributed by atoms with Crippen molar-refractivity contribution in [2.75, 3.05) is 26.2 Å². The van der Waals surface area contributed by atoms with Crippen LogP contribution in [0.3, 0.4) is 0 Å². The Hall–Kier alpha value is -1.61. The molecule has 0 unspecified atom stereocenters. The summed E-state index contributed by atoms with van der Waals surface area (Å²) in [4.78, 5) is 7.32. The minimum Gasteiger partial charge on any atom is -0.357 e. The van der Waals surface area contributed by atoms with Crippen LogP contribution in [0.25, 0.3) is 5.69 Å². The average Bonchev–Trinajstić information content (AvgIpc) is 3.18. The highest BCUT2D eigenvalue weighted by Crippen LogP contribution is 2.11. The number of nitrogens with one attached hydrogen (secondary N) is 2. The van der Waals surface area contributed by atoms with Gasteiger partial charge in [0.25, 0.3) is 0 Å². The lowest BCUT2D eigenvalue weighted by molar-refractivity contribution is 0.206. The first-order valence-electron chi connectivity index (χ1n) is 10.1. The van der Waals surface area contributed by atoms with Crippen LogP contribution >= 0.6 is 24.0 Å². The highest BCUT2D eigenvalue weighted by molar-refractivity contribution is 14.0. The van der Waals surface area contributed by atoms with Crippen LogP contribution in [0.5, 0.6) is 0 Å². The lowest BCUT2D eigenvalue weighted by atomic mass is 10.1. The Bertz CT molecular complexity index is 707. The van der Waals surface area contributed by atoms with Crippen molar-refractivity contribution < 1.29 is 0 Å². The molecule has 0 atom stereocenters. The van der Waals surface area contributed by atoms with Crippen LogP contribution in [-0.2, 0) is 6.54 Å². The van der Waals surface area contributed by atoms with Crippen LogP contribution in [-0.4, -0.2) is 52.9 Å². The maximum atomic E-state index is 4.77.